The lowest BCUT2D eigenvalue weighted by atomic mass is 10.0. The van der Waals surface area contributed by atoms with Crippen molar-refractivity contribution in [3.8, 4) is 11.4 Å². The summed E-state index contributed by atoms with van der Waals surface area (Å²) in [6, 6.07) is 1.19. The molecule has 0 radical (unpaired) electrons. The highest BCUT2D eigenvalue weighted by Gasteiger charge is 2.36. The summed E-state index contributed by atoms with van der Waals surface area (Å²) in [5.41, 5.74) is 1.13. The van der Waals surface area contributed by atoms with Crippen LogP contribution in [0.2, 0.25) is 5.02 Å². The average Bonchev–Trinajstić information content (AvgIpc) is 3.15. The molecule has 170 valence electrons. The molecule has 1 saturated heterocycles. The molecule has 1 unspecified atom stereocenters. The van der Waals surface area contributed by atoms with Crippen LogP contribution in [0, 0.1) is 5.82 Å². The smallest absolute Gasteiger partial charge is 0.365 e. The van der Waals surface area contributed by atoms with Crippen LogP contribution in [0.1, 0.15) is 25.7 Å². The number of alkyl halides is 3. The average molecular weight is 471 g/mol. The number of hydrogen-bond donors (Lipinski definition) is 2. The van der Waals surface area contributed by atoms with Crippen molar-refractivity contribution in [1.29, 1.82) is 0 Å². The number of anilines is 1. The van der Waals surface area contributed by atoms with Gasteiger partial charge in [-0.15, -0.1) is 0 Å². The van der Waals surface area contributed by atoms with Crippen LogP contribution in [-0.2, 0) is 4.79 Å². The predicted molar refractivity (Wildman–Crippen MR) is 111 cm³/mol. The summed E-state index contributed by atoms with van der Waals surface area (Å²) in [5.74, 6) is -1.57. The number of hydrogen-bond acceptors (Lipinski definition) is 5. The van der Waals surface area contributed by atoms with E-state index in [0.29, 0.717) is 34.5 Å². The molecule has 0 spiro atoms. The quantitative estimate of drug-likeness (QED) is 0.534. The molecular weight excluding hydrogens is 452 g/mol. The van der Waals surface area contributed by atoms with Gasteiger partial charge in [0, 0.05) is 42.5 Å². The van der Waals surface area contributed by atoms with Gasteiger partial charge in [0.1, 0.15) is 12.1 Å². The maximum atomic E-state index is 14.4. The molecule has 0 aromatic carbocycles. The summed E-state index contributed by atoms with van der Waals surface area (Å²) in [6.45, 7) is 0.306. The number of nitrogens with zero attached hydrogens (tertiary/aromatic N) is 4. The molecule has 1 aliphatic rings. The number of aromatic nitrogens is 4. The number of piperidine rings is 1. The van der Waals surface area contributed by atoms with Crippen LogP contribution in [0.5, 0.6) is 0 Å². The maximum Gasteiger partial charge on any atom is 0.397 e. The molecule has 0 saturated carbocycles. The van der Waals surface area contributed by atoms with E-state index in [1.807, 2.05) is 0 Å². The number of H-pyrrole nitrogens is 1. The van der Waals surface area contributed by atoms with E-state index in [0.717, 1.165) is 12.6 Å². The molecule has 1 aliphatic heterocycles. The normalized spacial score (nSPS) is 17.0. The summed E-state index contributed by atoms with van der Waals surface area (Å²) in [7, 11) is 0. The van der Waals surface area contributed by atoms with Crippen LogP contribution in [0.3, 0.4) is 0 Å². The van der Waals surface area contributed by atoms with Crippen molar-refractivity contribution >= 4 is 34.4 Å². The third-order valence-corrected chi connectivity index (χ3v) is 5.49. The Morgan fingerprint density at radius 3 is 2.88 bits per heavy atom. The van der Waals surface area contributed by atoms with Gasteiger partial charge in [-0.25, -0.2) is 19.3 Å². The van der Waals surface area contributed by atoms with Gasteiger partial charge in [0.05, 0.1) is 11.2 Å². The van der Waals surface area contributed by atoms with E-state index in [9.17, 15) is 22.4 Å². The molecule has 3 aromatic rings. The molecule has 1 fully saturated rings. The Labute approximate surface area is 185 Å². The molecule has 2 N–H and O–H groups in total. The van der Waals surface area contributed by atoms with Crippen molar-refractivity contribution in [1.82, 2.24) is 24.8 Å². The predicted octanol–water partition coefficient (Wildman–Crippen LogP) is 4.56. The molecule has 1 atom stereocenters. The Bertz CT molecular complexity index is 1130. The first-order chi connectivity index (χ1) is 15.2. The SMILES string of the molecule is O=C(CC(F)(F)F)N1CCCCC1CNc1nc(-c2c[nH]c3ncc(Cl)cc23)ncc1F. The number of pyridine rings is 1. The van der Waals surface area contributed by atoms with Crippen molar-refractivity contribution in [3.05, 3.63) is 35.5 Å². The minimum atomic E-state index is -4.57. The lowest BCUT2D eigenvalue weighted by Gasteiger charge is -2.36. The molecular formula is C20H19ClF4N6O. The second-order valence-electron chi connectivity index (χ2n) is 7.55. The van der Waals surface area contributed by atoms with E-state index in [4.69, 9.17) is 11.6 Å². The second kappa shape index (κ2) is 8.89. The Balaban J connectivity index is 1.53. The molecule has 4 heterocycles. The van der Waals surface area contributed by atoms with Crippen LogP contribution >= 0.6 is 11.6 Å². The van der Waals surface area contributed by atoms with Gasteiger partial charge in [0.15, 0.2) is 17.5 Å². The van der Waals surface area contributed by atoms with Crippen molar-refractivity contribution in [2.45, 2.75) is 37.9 Å². The van der Waals surface area contributed by atoms with Gasteiger partial charge in [-0.3, -0.25) is 4.79 Å². The number of aromatic amines is 1. The summed E-state index contributed by atoms with van der Waals surface area (Å²) < 4.78 is 52.3. The number of fused-ring (bicyclic) bond motifs is 1. The van der Waals surface area contributed by atoms with Gasteiger partial charge in [-0.05, 0) is 25.3 Å². The van der Waals surface area contributed by atoms with Crippen LogP contribution in [-0.4, -0.2) is 56.1 Å². The van der Waals surface area contributed by atoms with Gasteiger partial charge < -0.3 is 15.2 Å². The Kier molecular flexibility index (Phi) is 6.18. The fourth-order valence-electron chi connectivity index (χ4n) is 3.81. The zero-order chi connectivity index (χ0) is 22.9. The minimum absolute atomic E-state index is 0.0677. The number of nitrogens with one attached hydrogen (secondary N) is 2. The van der Waals surface area contributed by atoms with Crippen molar-refractivity contribution in [2.24, 2.45) is 0 Å². The second-order valence-corrected chi connectivity index (χ2v) is 7.99. The molecule has 0 bridgehead atoms. The zero-order valence-electron chi connectivity index (χ0n) is 16.7. The van der Waals surface area contributed by atoms with Gasteiger partial charge in [0.2, 0.25) is 5.91 Å². The van der Waals surface area contributed by atoms with Crippen LogP contribution in [0.25, 0.3) is 22.4 Å². The Morgan fingerprint density at radius 2 is 2.09 bits per heavy atom. The van der Waals surface area contributed by atoms with Gasteiger partial charge in [-0.2, -0.15) is 13.2 Å². The summed E-state index contributed by atoms with van der Waals surface area (Å²) >= 11 is 6.01. The number of rotatable bonds is 5. The highest BCUT2D eigenvalue weighted by molar-refractivity contribution is 6.31. The topological polar surface area (TPSA) is 86.8 Å². The van der Waals surface area contributed by atoms with E-state index in [-0.39, 0.29) is 24.7 Å². The van der Waals surface area contributed by atoms with Crippen LogP contribution in [0.4, 0.5) is 23.4 Å². The van der Waals surface area contributed by atoms with E-state index >= 15 is 0 Å². The number of carbonyl (C=O) groups is 1. The Hall–Kier alpha value is -2.95. The van der Waals surface area contributed by atoms with Crippen molar-refractivity contribution < 1.29 is 22.4 Å². The molecule has 0 aliphatic carbocycles. The fraction of sp³-hybridized carbons (Fsp3) is 0.400. The standard InChI is InChI=1S/C20H19ClF4N6O/c21-11-5-13-14(9-28-17(13)26-7-11)18-29-10-15(22)19(30-18)27-8-12-3-1-2-4-31(12)16(32)6-20(23,24)25/h5,7,9-10,12H,1-4,6,8H2,(H,26,28)(H,27,29,30). The molecule has 32 heavy (non-hydrogen) atoms. The zero-order valence-corrected chi connectivity index (χ0v) is 17.5. The first kappa shape index (κ1) is 22.3. The third-order valence-electron chi connectivity index (χ3n) is 5.29. The molecule has 1 amide bonds. The summed E-state index contributed by atoms with van der Waals surface area (Å²) in [6.07, 6.45) is -0.0456. The molecule has 3 aromatic heterocycles. The van der Waals surface area contributed by atoms with E-state index in [1.165, 1.54) is 11.1 Å². The monoisotopic (exact) mass is 470 g/mol. The fourth-order valence-corrected chi connectivity index (χ4v) is 3.97. The number of likely N-dealkylation sites (tertiary alicyclic amines) is 1. The molecule has 12 heteroatoms. The minimum Gasteiger partial charge on any atom is -0.365 e. The maximum absolute atomic E-state index is 14.4. The van der Waals surface area contributed by atoms with Crippen molar-refractivity contribution in [3.63, 3.8) is 0 Å². The lowest BCUT2D eigenvalue weighted by Crippen LogP contribution is -2.48. The number of amides is 1. The molecule has 4 rings (SSSR count). The van der Waals surface area contributed by atoms with E-state index < -0.39 is 30.4 Å². The number of carbonyl (C=O) groups excluding carboxylic acids is 1. The van der Waals surface area contributed by atoms with Crippen molar-refractivity contribution in [2.75, 3.05) is 18.4 Å². The first-order valence-electron chi connectivity index (χ1n) is 9.97. The van der Waals surface area contributed by atoms with Gasteiger partial charge in [0.25, 0.3) is 0 Å². The Morgan fingerprint density at radius 1 is 1.28 bits per heavy atom. The van der Waals surface area contributed by atoms with Crippen LogP contribution in [0.15, 0.2) is 24.7 Å². The van der Waals surface area contributed by atoms with E-state index in [2.05, 4.69) is 25.3 Å². The van der Waals surface area contributed by atoms with Crippen LogP contribution < -0.4 is 5.32 Å². The summed E-state index contributed by atoms with van der Waals surface area (Å²) in [5, 5.41) is 3.91. The first-order valence-corrected chi connectivity index (χ1v) is 10.3. The largest absolute Gasteiger partial charge is 0.397 e. The van der Waals surface area contributed by atoms with E-state index in [1.54, 1.807) is 12.3 Å². The van der Waals surface area contributed by atoms with Gasteiger partial charge >= 0.3 is 6.18 Å². The number of halogens is 5. The highest BCUT2D eigenvalue weighted by Crippen LogP contribution is 2.29. The molecule has 7 nitrogen and oxygen atoms in total. The third kappa shape index (κ3) is 4.93. The lowest BCUT2D eigenvalue weighted by molar-refractivity contribution is -0.163. The highest BCUT2D eigenvalue weighted by atomic mass is 35.5. The summed E-state index contributed by atoms with van der Waals surface area (Å²) in [4.78, 5) is 28.7. The van der Waals surface area contributed by atoms with Gasteiger partial charge in [-0.1, -0.05) is 11.6 Å².